The molecule has 146 valence electrons. The highest BCUT2D eigenvalue weighted by Gasteiger charge is 2.50. The molecule has 1 fully saturated rings. The number of fused-ring (bicyclic) bond motifs is 1. The molecule has 0 bridgehead atoms. The summed E-state index contributed by atoms with van der Waals surface area (Å²) in [5.41, 5.74) is 2.58. The SMILES string of the molecule is C=C1C(=O)O[C@@H]2CC(C)=C([C@@H](C)CCCO)[C@@H](OC(=O)C[C@H](C)CC)[C@H]12. The minimum Gasteiger partial charge on any atom is -0.458 e. The topological polar surface area (TPSA) is 72.8 Å². The van der Waals surface area contributed by atoms with Gasteiger partial charge in [0, 0.05) is 25.0 Å². The quantitative estimate of drug-likeness (QED) is 0.405. The third kappa shape index (κ3) is 4.37. The molecule has 5 atom stereocenters. The molecule has 0 aromatic rings. The van der Waals surface area contributed by atoms with Crippen LogP contribution in [0, 0.1) is 17.8 Å². The van der Waals surface area contributed by atoms with Crippen LogP contribution in [0.15, 0.2) is 23.3 Å². The molecular formula is C21H32O5. The standard InChI is InChI=1S/C21H32O5/c1-6-12(2)10-17(23)26-20-18(13(3)8-7-9-22)14(4)11-16-19(20)15(5)21(24)25-16/h12-13,16,19-20,22H,5-11H2,1-4H3/t12-,13+,16-,19-,20-/m1/s1. The second kappa shape index (κ2) is 8.85. The van der Waals surface area contributed by atoms with Gasteiger partial charge in [-0.25, -0.2) is 4.79 Å². The van der Waals surface area contributed by atoms with Crippen LogP contribution < -0.4 is 0 Å². The maximum absolute atomic E-state index is 12.5. The van der Waals surface area contributed by atoms with E-state index in [-0.39, 0.29) is 42.4 Å². The van der Waals surface area contributed by atoms with Gasteiger partial charge in [0.1, 0.15) is 12.2 Å². The van der Waals surface area contributed by atoms with Crippen molar-refractivity contribution in [3.05, 3.63) is 23.3 Å². The Kier molecular flexibility index (Phi) is 7.04. The summed E-state index contributed by atoms with van der Waals surface area (Å²) < 4.78 is 11.4. The van der Waals surface area contributed by atoms with E-state index >= 15 is 0 Å². The number of rotatable bonds is 8. The monoisotopic (exact) mass is 364 g/mol. The maximum atomic E-state index is 12.5. The normalized spacial score (nSPS) is 27.8. The average Bonchev–Trinajstić information content (AvgIpc) is 2.86. The number of aliphatic hydroxyl groups is 1. The van der Waals surface area contributed by atoms with Crippen LogP contribution in [0.25, 0.3) is 0 Å². The fourth-order valence-corrected chi connectivity index (χ4v) is 4.06. The molecule has 1 aliphatic heterocycles. The van der Waals surface area contributed by atoms with Crippen LogP contribution in [0.5, 0.6) is 0 Å². The molecule has 0 unspecified atom stereocenters. The van der Waals surface area contributed by atoms with Gasteiger partial charge in [0.05, 0.1) is 5.92 Å². The Morgan fingerprint density at radius 1 is 1.42 bits per heavy atom. The smallest absolute Gasteiger partial charge is 0.334 e. The molecule has 0 amide bonds. The van der Waals surface area contributed by atoms with Gasteiger partial charge in [0.15, 0.2) is 0 Å². The maximum Gasteiger partial charge on any atom is 0.334 e. The lowest BCUT2D eigenvalue weighted by atomic mass is 9.73. The van der Waals surface area contributed by atoms with E-state index in [0.717, 1.165) is 24.0 Å². The van der Waals surface area contributed by atoms with E-state index in [9.17, 15) is 9.59 Å². The Labute approximate surface area is 156 Å². The second-order valence-corrected chi connectivity index (χ2v) is 7.83. The van der Waals surface area contributed by atoms with Gasteiger partial charge in [-0.3, -0.25) is 4.79 Å². The van der Waals surface area contributed by atoms with Gasteiger partial charge in [-0.1, -0.05) is 39.3 Å². The van der Waals surface area contributed by atoms with Crippen molar-refractivity contribution in [1.82, 2.24) is 0 Å². The molecule has 0 aromatic carbocycles. The van der Waals surface area contributed by atoms with E-state index < -0.39 is 6.10 Å². The van der Waals surface area contributed by atoms with E-state index in [2.05, 4.69) is 13.5 Å². The molecule has 0 spiro atoms. The predicted octanol–water partition coefficient (Wildman–Crippen LogP) is 3.56. The van der Waals surface area contributed by atoms with Crippen LogP contribution in [-0.2, 0) is 19.1 Å². The van der Waals surface area contributed by atoms with Crippen LogP contribution in [0.2, 0.25) is 0 Å². The summed E-state index contributed by atoms with van der Waals surface area (Å²) in [5.74, 6) is -0.518. The Morgan fingerprint density at radius 3 is 2.73 bits per heavy atom. The van der Waals surface area contributed by atoms with Crippen molar-refractivity contribution in [3.8, 4) is 0 Å². The Balaban J connectivity index is 2.30. The highest BCUT2D eigenvalue weighted by molar-refractivity contribution is 5.91. The summed E-state index contributed by atoms with van der Waals surface area (Å²) in [7, 11) is 0. The number of carbonyl (C=O) groups is 2. The highest BCUT2D eigenvalue weighted by Crippen LogP contribution is 2.45. The Hall–Kier alpha value is -1.62. The number of carbonyl (C=O) groups excluding carboxylic acids is 2. The number of hydrogen-bond donors (Lipinski definition) is 1. The molecule has 1 N–H and O–H groups in total. The zero-order valence-electron chi connectivity index (χ0n) is 16.4. The van der Waals surface area contributed by atoms with E-state index in [0.29, 0.717) is 24.8 Å². The van der Waals surface area contributed by atoms with Gasteiger partial charge in [0.25, 0.3) is 0 Å². The van der Waals surface area contributed by atoms with Crippen molar-refractivity contribution in [2.24, 2.45) is 17.8 Å². The van der Waals surface area contributed by atoms with Crippen molar-refractivity contribution < 1.29 is 24.2 Å². The van der Waals surface area contributed by atoms with Gasteiger partial charge >= 0.3 is 11.9 Å². The van der Waals surface area contributed by atoms with Crippen molar-refractivity contribution in [2.75, 3.05) is 6.61 Å². The van der Waals surface area contributed by atoms with Gasteiger partial charge in [-0.2, -0.15) is 0 Å². The summed E-state index contributed by atoms with van der Waals surface area (Å²) in [6.07, 6.45) is 2.62. The summed E-state index contributed by atoms with van der Waals surface area (Å²) in [5, 5.41) is 9.16. The zero-order chi connectivity index (χ0) is 19.4. The van der Waals surface area contributed by atoms with Crippen LogP contribution in [-0.4, -0.2) is 35.9 Å². The van der Waals surface area contributed by atoms with Crippen LogP contribution >= 0.6 is 0 Å². The summed E-state index contributed by atoms with van der Waals surface area (Å²) >= 11 is 0. The second-order valence-electron chi connectivity index (χ2n) is 7.83. The van der Waals surface area contributed by atoms with E-state index in [1.54, 1.807) is 0 Å². The van der Waals surface area contributed by atoms with Gasteiger partial charge in [0.2, 0.25) is 0 Å². The first-order chi connectivity index (χ1) is 12.3. The Bertz CT molecular complexity index is 591. The minimum atomic E-state index is -0.502. The fourth-order valence-electron chi connectivity index (χ4n) is 4.06. The van der Waals surface area contributed by atoms with E-state index in [4.69, 9.17) is 14.6 Å². The lowest BCUT2D eigenvalue weighted by molar-refractivity contribution is -0.152. The van der Waals surface area contributed by atoms with E-state index in [1.165, 1.54) is 0 Å². The zero-order valence-corrected chi connectivity index (χ0v) is 16.4. The van der Waals surface area contributed by atoms with Crippen molar-refractivity contribution in [3.63, 3.8) is 0 Å². The molecule has 2 aliphatic rings. The fraction of sp³-hybridized carbons (Fsp3) is 0.714. The largest absolute Gasteiger partial charge is 0.458 e. The van der Waals surface area contributed by atoms with Gasteiger partial charge < -0.3 is 14.6 Å². The number of hydrogen-bond acceptors (Lipinski definition) is 5. The summed E-state index contributed by atoms with van der Waals surface area (Å²) in [6, 6.07) is 0. The first-order valence-electron chi connectivity index (χ1n) is 9.69. The molecule has 5 nitrogen and oxygen atoms in total. The van der Waals surface area contributed by atoms with Crippen LogP contribution in [0.1, 0.15) is 59.8 Å². The van der Waals surface area contributed by atoms with Gasteiger partial charge in [-0.05, 0) is 37.2 Å². The number of ether oxygens (including phenoxy) is 2. The molecule has 5 heteroatoms. The summed E-state index contributed by atoms with van der Waals surface area (Å²) in [4.78, 5) is 24.5. The minimum absolute atomic E-state index is 0.134. The lowest BCUT2D eigenvalue weighted by Gasteiger charge is -2.37. The van der Waals surface area contributed by atoms with Crippen molar-refractivity contribution in [1.29, 1.82) is 0 Å². The molecule has 1 heterocycles. The number of esters is 2. The number of aliphatic hydroxyl groups excluding tert-OH is 1. The molecule has 0 saturated carbocycles. The molecule has 0 radical (unpaired) electrons. The molecular weight excluding hydrogens is 332 g/mol. The molecule has 0 aromatic heterocycles. The third-order valence-electron chi connectivity index (χ3n) is 5.75. The first kappa shape index (κ1) is 20.7. The lowest BCUT2D eigenvalue weighted by Crippen LogP contribution is -2.41. The summed E-state index contributed by atoms with van der Waals surface area (Å²) in [6.45, 7) is 12.2. The predicted molar refractivity (Wildman–Crippen MR) is 99.3 cm³/mol. The Morgan fingerprint density at radius 2 is 2.12 bits per heavy atom. The van der Waals surface area contributed by atoms with Crippen molar-refractivity contribution >= 4 is 11.9 Å². The molecule has 26 heavy (non-hydrogen) atoms. The molecule has 1 saturated heterocycles. The first-order valence-corrected chi connectivity index (χ1v) is 9.69. The van der Waals surface area contributed by atoms with Gasteiger partial charge in [-0.15, -0.1) is 0 Å². The molecule has 1 aliphatic carbocycles. The van der Waals surface area contributed by atoms with Crippen LogP contribution in [0.4, 0.5) is 0 Å². The van der Waals surface area contributed by atoms with Crippen LogP contribution in [0.3, 0.4) is 0 Å². The third-order valence-corrected chi connectivity index (χ3v) is 5.75. The van der Waals surface area contributed by atoms with Crippen molar-refractivity contribution in [2.45, 2.75) is 72.0 Å². The molecule has 2 rings (SSSR count). The van der Waals surface area contributed by atoms with E-state index in [1.807, 2.05) is 20.8 Å². The highest BCUT2D eigenvalue weighted by atomic mass is 16.6. The average molecular weight is 364 g/mol.